The molecule has 0 unspecified atom stereocenters. The summed E-state index contributed by atoms with van der Waals surface area (Å²) in [5.41, 5.74) is -2.01. The van der Waals surface area contributed by atoms with E-state index in [4.69, 9.17) is 21.0 Å². The number of nitrogens with one attached hydrogen (secondary N) is 4. The number of halogens is 1. The summed E-state index contributed by atoms with van der Waals surface area (Å²) in [6, 6.07) is 0. The summed E-state index contributed by atoms with van der Waals surface area (Å²) in [5.74, 6) is -1.88. The zero-order valence-corrected chi connectivity index (χ0v) is 15.7. The zero-order valence-electron chi connectivity index (χ0n) is 14.8. The Labute approximate surface area is 152 Å². The van der Waals surface area contributed by atoms with Crippen LogP contribution in [0.1, 0.15) is 40.5 Å². The SMILES string of the molecule is CC(C)(/N=N/C(C)(C)C(=N)NCCC(=O)O)C(=N)NCCC(=O)O.Cl. The van der Waals surface area contributed by atoms with Crippen LogP contribution in [0, 0.1) is 10.8 Å². The molecular weight excluding hydrogens is 352 g/mol. The maximum absolute atomic E-state index is 10.5. The predicted molar refractivity (Wildman–Crippen MR) is 96.2 cm³/mol. The molecule has 6 N–H and O–H groups in total. The number of hydrogen-bond acceptors (Lipinski definition) is 6. The summed E-state index contributed by atoms with van der Waals surface area (Å²) in [4.78, 5) is 20.9. The van der Waals surface area contributed by atoms with E-state index in [9.17, 15) is 9.59 Å². The Balaban J connectivity index is 0. The molecule has 0 atom stereocenters. The monoisotopic (exact) mass is 378 g/mol. The third kappa shape index (κ3) is 10.3. The van der Waals surface area contributed by atoms with Crippen molar-refractivity contribution in [3.8, 4) is 0 Å². The van der Waals surface area contributed by atoms with Gasteiger partial charge in [0.05, 0.1) is 12.8 Å². The molecule has 11 heteroatoms. The molecule has 0 fully saturated rings. The van der Waals surface area contributed by atoms with Gasteiger partial charge in [-0.2, -0.15) is 10.2 Å². The van der Waals surface area contributed by atoms with Crippen molar-refractivity contribution >= 4 is 36.0 Å². The van der Waals surface area contributed by atoms with E-state index in [1.165, 1.54) is 0 Å². The molecule has 0 aromatic rings. The lowest BCUT2D eigenvalue weighted by atomic mass is 10.0. The maximum Gasteiger partial charge on any atom is 0.305 e. The van der Waals surface area contributed by atoms with Gasteiger partial charge < -0.3 is 20.8 Å². The average Bonchev–Trinajstić information content (AvgIpc) is 2.44. The highest BCUT2D eigenvalue weighted by Gasteiger charge is 2.28. The van der Waals surface area contributed by atoms with Gasteiger partial charge in [0.1, 0.15) is 22.7 Å². The summed E-state index contributed by atoms with van der Waals surface area (Å²) >= 11 is 0. The first-order valence-electron chi connectivity index (χ1n) is 7.42. The van der Waals surface area contributed by atoms with E-state index in [0.29, 0.717) is 0 Å². The normalized spacial score (nSPS) is 11.5. The second kappa shape index (κ2) is 10.6. The Hall–Kier alpha value is -2.23. The maximum atomic E-state index is 10.5. The molecule has 0 rings (SSSR count). The van der Waals surface area contributed by atoms with Crippen LogP contribution in [0.4, 0.5) is 0 Å². The molecule has 10 nitrogen and oxygen atoms in total. The molecule has 0 heterocycles. The van der Waals surface area contributed by atoms with Crippen molar-refractivity contribution in [1.29, 1.82) is 10.8 Å². The highest BCUT2D eigenvalue weighted by atomic mass is 35.5. The van der Waals surface area contributed by atoms with Gasteiger partial charge in [-0.25, -0.2) is 0 Å². The van der Waals surface area contributed by atoms with Crippen LogP contribution in [0.3, 0.4) is 0 Å². The van der Waals surface area contributed by atoms with Gasteiger partial charge in [0, 0.05) is 13.1 Å². The lowest BCUT2D eigenvalue weighted by Gasteiger charge is -2.25. The predicted octanol–water partition coefficient (Wildman–Crippen LogP) is 1.50. The van der Waals surface area contributed by atoms with E-state index in [0.717, 1.165) is 0 Å². The van der Waals surface area contributed by atoms with Crippen LogP contribution in [0.15, 0.2) is 10.2 Å². The summed E-state index contributed by atoms with van der Waals surface area (Å²) < 4.78 is 0. The first-order valence-corrected chi connectivity index (χ1v) is 7.42. The Morgan fingerprint density at radius 1 is 0.840 bits per heavy atom. The van der Waals surface area contributed by atoms with Crippen LogP contribution < -0.4 is 10.6 Å². The van der Waals surface area contributed by atoms with E-state index >= 15 is 0 Å². The number of carboxylic acids is 2. The first kappa shape index (κ1) is 25.0. The summed E-state index contributed by atoms with van der Waals surface area (Å²) in [7, 11) is 0. The number of rotatable bonds is 10. The zero-order chi connectivity index (χ0) is 19.0. The molecule has 0 bridgehead atoms. The molecule has 0 spiro atoms. The Morgan fingerprint density at radius 2 is 1.12 bits per heavy atom. The fraction of sp³-hybridized carbons (Fsp3) is 0.714. The van der Waals surface area contributed by atoms with Gasteiger partial charge in [0.25, 0.3) is 0 Å². The Morgan fingerprint density at radius 3 is 1.36 bits per heavy atom. The summed E-state index contributed by atoms with van der Waals surface area (Å²) in [6.07, 6.45) is -0.224. The topological polar surface area (TPSA) is 171 Å². The number of aliphatic carboxylic acids is 2. The van der Waals surface area contributed by atoms with E-state index in [-0.39, 0.29) is 50.0 Å². The fourth-order valence-electron chi connectivity index (χ4n) is 1.37. The van der Waals surface area contributed by atoms with E-state index in [2.05, 4.69) is 20.9 Å². The Kier molecular flexibility index (Phi) is 10.6. The van der Waals surface area contributed by atoms with Gasteiger partial charge >= 0.3 is 11.9 Å². The van der Waals surface area contributed by atoms with Crippen molar-refractivity contribution in [1.82, 2.24) is 10.6 Å². The molecule has 144 valence electrons. The smallest absolute Gasteiger partial charge is 0.305 e. The highest BCUT2D eigenvalue weighted by Crippen LogP contribution is 2.16. The standard InChI is InChI=1S/C14H26N6O4.ClH/c1-13(2,11(15)17-7-5-9(21)22)19-20-14(3,4)12(16)18-8-6-10(23)24;/h5-8H2,1-4H3,(H2,15,17)(H2,16,18)(H,21,22)(H,23,24);1H/b20-19+;. The van der Waals surface area contributed by atoms with Crippen LogP contribution in [0.5, 0.6) is 0 Å². The molecule has 0 aliphatic rings. The van der Waals surface area contributed by atoms with Gasteiger partial charge in [-0.15, -0.1) is 12.4 Å². The van der Waals surface area contributed by atoms with Crippen molar-refractivity contribution in [2.75, 3.05) is 13.1 Å². The lowest BCUT2D eigenvalue weighted by Crippen LogP contribution is -2.43. The molecule has 0 saturated heterocycles. The quantitative estimate of drug-likeness (QED) is 0.191. The van der Waals surface area contributed by atoms with Gasteiger partial charge in [-0.1, -0.05) is 0 Å². The molecule has 0 aliphatic carbocycles. The molecule has 0 aromatic heterocycles. The summed E-state index contributed by atoms with van der Waals surface area (Å²) in [5, 5.41) is 46.5. The largest absolute Gasteiger partial charge is 0.481 e. The lowest BCUT2D eigenvalue weighted by molar-refractivity contribution is -0.137. The minimum absolute atomic E-state index is 0. The van der Waals surface area contributed by atoms with Gasteiger partial charge in [-0.3, -0.25) is 20.4 Å². The van der Waals surface area contributed by atoms with Gasteiger partial charge in [-0.05, 0) is 27.7 Å². The van der Waals surface area contributed by atoms with Crippen LogP contribution in [0.2, 0.25) is 0 Å². The molecule has 0 aliphatic heterocycles. The van der Waals surface area contributed by atoms with Crippen molar-refractivity contribution in [2.45, 2.75) is 51.6 Å². The van der Waals surface area contributed by atoms with Crippen molar-refractivity contribution in [2.24, 2.45) is 10.2 Å². The van der Waals surface area contributed by atoms with Crippen LogP contribution >= 0.6 is 12.4 Å². The number of nitrogens with zero attached hydrogens (tertiary/aromatic N) is 2. The second-order valence-electron chi connectivity index (χ2n) is 6.21. The van der Waals surface area contributed by atoms with E-state index in [1.807, 2.05) is 0 Å². The van der Waals surface area contributed by atoms with Gasteiger partial charge in [0.15, 0.2) is 0 Å². The third-order valence-corrected chi connectivity index (χ3v) is 3.05. The number of amidine groups is 2. The van der Waals surface area contributed by atoms with Crippen molar-refractivity contribution < 1.29 is 19.8 Å². The number of carboxylic acid groups (broad SMARTS) is 2. The van der Waals surface area contributed by atoms with Crippen molar-refractivity contribution in [3.05, 3.63) is 0 Å². The molecule has 25 heavy (non-hydrogen) atoms. The van der Waals surface area contributed by atoms with Crippen molar-refractivity contribution in [3.63, 3.8) is 0 Å². The first-order chi connectivity index (χ1) is 10.9. The molecular formula is C14H27ClN6O4. The second-order valence-corrected chi connectivity index (χ2v) is 6.21. The number of azo groups is 1. The molecule has 0 radical (unpaired) electrons. The van der Waals surface area contributed by atoms with Crippen LogP contribution in [0.25, 0.3) is 0 Å². The minimum Gasteiger partial charge on any atom is -0.481 e. The average molecular weight is 379 g/mol. The third-order valence-electron chi connectivity index (χ3n) is 3.05. The van der Waals surface area contributed by atoms with Crippen LogP contribution in [-0.4, -0.2) is 58.0 Å². The van der Waals surface area contributed by atoms with E-state index < -0.39 is 23.0 Å². The summed E-state index contributed by atoms with van der Waals surface area (Å²) in [6.45, 7) is 6.80. The van der Waals surface area contributed by atoms with Gasteiger partial charge in [0.2, 0.25) is 0 Å². The number of carbonyl (C=O) groups is 2. The molecule has 0 saturated carbocycles. The minimum atomic E-state index is -1.00. The molecule has 0 aromatic carbocycles. The fourth-order valence-corrected chi connectivity index (χ4v) is 1.37. The highest BCUT2D eigenvalue weighted by molar-refractivity contribution is 5.89. The Bertz CT molecular complexity index is 487. The van der Waals surface area contributed by atoms with E-state index in [1.54, 1.807) is 27.7 Å². The number of hydrogen-bond donors (Lipinski definition) is 6. The van der Waals surface area contributed by atoms with Crippen LogP contribution in [-0.2, 0) is 9.59 Å². The molecule has 0 amide bonds.